The number of hydrogen-bond donors (Lipinski definition) is 0. The molecular weight excluding hydrogens is 377 g/mol. The second-order valence-corrected chi connectivity index (χ2v) is 6.80. The number of furan rings is 1. The van der Waals surface area contributed by atoms with Crippen LogP contribution in [-0.2, 0) is 21.8 Å². The summed E-state index contributed by atoms with van der Waals surface area (Å²) in [5, 5.41) is 6.74. The van der Waals surface area contributed by atoms with E-state index >= 15 is 0 Å². The third-order valence-electron chi connectivity index (χ3n) is 3.88. The molecule has 3 aromatic rings. The Labute approximate surface area is 162 Å². The van der Waals surface area contributed by atoms with Crippen LogP contribution in [0, 0.1) is 0 Å². The number of benzene rings is 1. The Bertz CT molecular complexity index is 841. The SMILES string of the molecule is CCCOC(Cn1cncn1)(OCCC)c1occ2cc(Cl)cc(Cl)c12. The van der Waals surface area contributed by atoms with Crippen LogP contribution in [-0.4, -0.2) is 28.0 Å². The fourth-order valence-electron chi connectivity index (χ4n) is 2.78. The Balaban J connectivity index is 2.14. The number of rotatable bonds is 9. The standard InChI is InChI=1S/C18H21Cl2N3O3/c1-3-5-25-18(26-6-4-2,10-23-12-21-11-22-23)17-16-13(9-24-17)7-14(19)8-15(16)20/h7-9,11-12H,3-6,10H2,1-2H3. The molecule has 0 fully saturated rings. The lowest BCUT2D eigenvalue weighted by atomic mass is 10.1. The van der Waals surface area contributed by atoms with E-state index in [1.807, 2.05) is 13.8 Å². The van der Waals surface area contributed by atoms with E-state index in [1.165, 1.54) is 6.33 Å². The fourth-order valence-corrected chi connectivity index (χ4v) is 3.38. The lowest BCUT2D eigenvalue weighted by Gasteiger charge is -2.32. The molecule has 2 heterocycles. The van der Waals surface area contributed by atoms with Crippen LogP contribution in [0.3, 0.4) is 0 Å². The topological polar surface area (TPSA) is 62.3 Å². The second kappa shape index (κ2) is 8.39. The summed E-state index contributed by atoms with van der Waals surface area (Å²) in [5.74, 6) is -0.662. The van der Waals surface area contributed by atoms with Crippen LogP contribution >= 0.6 is 23.2 Å². The van der Waals surface area contributed by atoms with Crippen LogP contribution in [0.25, 0.3) is 10.8 Å². The van der Waals surface area contributed by atoms with Crippen molar-refractivity contribution in [1.82, 2.24) is 14.8 Å². The Hall–Kier alpha value is -1.60. The molecule has 140 valence electrons. The van der Waals surface area contributed by atoms with E-state index in [0.29, 0.717) is 29.0 Å². The molecule has 0 saturated carbocycles. The molecule has 2 aromatic heterocycles. The second-order valence-electron chi connectivity index (χ2n) is 5.96. The summed E-state index contributed by atoms with van der Waals surface area (Å²) >= 11 is 12.6. The van der Waals surface area contributed by atoms with Crippen molar-refractivity contribution < 1.29 is 13.9 Å². The van der Waals surface area contributed by atoms with E-state index in [2.05, 4.69) is 10.1 Å². The first-order chi connectivity index (χ1) is 12.6. The molecule has 0 aliphatic rings. The van der Waals surface area contributed by atoms with Crippen LogP contribution in [0.5, 0.6) is 0 Å². The van der Waals surface area contributed by atoms with E-state index in [4.69, 9.17) is 37.1 Å². The predicted octanol–water partition coefficient (Wildman–Crippen LogP) is 5.04. The summed E-state index contributed by atoms with van der Waals surface area (Å²) in [6, 6.07) is 3.49. The maximum absolute atomic E-state index is 6.47. The van der Waals surface area contributed by atoms with Gasteiger partial charge in [-0.3, -0.25) is 0 Å². The van der Waals surface area contributed by atoms with Gasteiger partial charge in [0.05, 0.1) is 24.5 Å². The zero-order valence-corrected chi connectivity index (χ0v) is 16.3. The van der Waals surface area contributed by atoms with Gasteiger partial charge in [-0.25, -0.2) is 9.67 Å². The van der Waals surface area contributed by atoms with Gasteiger partial charge in [0.15, 0.2) is 5.76 Å². The molecule has 0 aliphatic carbocycles. The first-order valence-electron chi connectivity index (χ1n) is 8.56. The quantitative estimate of drug-likeness (QED) is 0.473. The number of halogens is 2. The van der Waals surface area contributed by atoms with Gasteiger partial charge >= 0.3 is 0 Å². The van der Waals surface area contributed by atoms with Gasteiger partial charge < -0.3 is 13.9 Å². The minimum absolute atomic E-state index is 0.286. The average Bonchev–Trinajstić information content (AvgIpc) is 3.27. The van der Waals surface area contributed by atoms with Gasteiger partial charge in [0.1, 0.15) is 19.2 Å². The summed E-state index contributed by atoms with van der Waals surface area (Å²) in [5.41, 5.74) is 0. The van der Waals surface area contributed by atoms with Crippen LogP contribution in [0.2, 0.25) is 10.0 Å². The molecule has 8 heteroatoms. The minimum Gasteiger partial charge on any atom is -0.462 e. The van der Waals surface area contributed by atoms with Gasteiger partial charge in [-0.05, 0) is 25.0 Å². The molecule has 3 rings (SSSR count). The molecule has 0 saturated heterocycles. The highest BCUT2D eigenvalue weighted by Gasteiger charge is 2.41. The van der Waals surface area contributed by atoms with Crippen molar-refractivity contribution in [3.8, 4) is 0 Å². The Morgan fingerprint density at radius 2 is 1.88 bits per heavy atom. The van der Waals surface area contributed by atoms with Crippen molar-refractivity contribution in [2.24, 2.45) is 0 Å². The number of fused-ring (bicyclic) bond motifs is 1. The maximum Gasteiger partial charge on any atom is 0.249 e. The van der Waals surface area contributed by atoms with Crippen LogP contribution in [0.1, 0.15) is 32.4 Å². The van der Waals surface area contributed by atoms with Crippen LogP contribution < -0.4 is 0 Å². The highest BCUT2D eigenvalue weighted by molar-refractivity contribution is 6.38. The molecule has 26 heavy (non-hydrogen) atoms. The van der Waals surface area contributed by atoms with E-state index in [0.717, 1.165) is 23.6 Å². The molecule has 6 nitrogen and oxygen atoms in total. The van der Waals surface area contributed by atoms with Crippen molar-refractivity contribution >= 4 is 34.0 Å². The van der Waals surface area contributed by atoms with Crippen molar-refractivity contribution in [3.63, 3.8) is 0 Å². The van der Waals surface area contributed by atoms with Gasteiger partial charge in [0, 0.05) is 15.8 Å². The molecule has 0 amide bonds. The van der Waals surface area contributed by atoms with Crippen molar-refractivity contribution in [2.75, 3.05) is 13.2 Å². The van der Waals surface area contributed by atoms with Crippen molar-refractivity contribution in [3.05, 3.63) is 46.9 Å². The maximum atomic E-state index is 6.47. The molecule has 0 radical (unpaired) electrons. The Morgan fingerprint density at radius 3 is 2.50 bits per heavy atom. The average molecular weight is 398 g/mol. The van der Waals surface area contributed by atoms with Gasteiger partial charge in [-0.2, -0.15) is 5.10 Å². The van der Waals surface area contributed by atoms with Crippen LogP contribution in [0.15, 0.2) is 35.5 Å². The van der Waals surface area contributed by atoms with Crippen molar-refractivity contribution in [1.29, 1.82) is 0 Å². The number of aromatic nitrogens is 3. The lowest BCUT2D eigenvalue weighted by Crippen LogP contribution is -2.38. The summed E-state index contributed by atoms with van der Waals surface area (Å²) in [6.07, 6.45) is 6.35. The fraction of sp³-hybridized carbons (Fsp3) is 0.444. The lowest BCUT2D eigenvalue weighted by molar-refractivity contribution is -0.264. The van der Waals surface area contributed by atoms with Crippen molar-refractivity contribution in [2.45, 2.75) is 39.0 Å². The van der Waals surface area contributed by atoms with Gasteiger partial charge in [0.25, 0.3) is 0 Å². The molecule has 0 atom stereocenters. The molecule has 0 unspecified atom stereocenters. The summed E-state index contributed by atoms with van der Waals surface area (Å²) in [7, 11) is 0. The van der Waals surface area contributed by atoms with E-state index in [9.17, 15) is 0 Å². The first kappa shape index (κ1) is 19.2. The molecule has 0 N–H and O–H groups in total. The van der Waals surface area contributed by atoms with E-state index in [1.54, 1.807) is 29.4 Å². The Morgan fingerprint density at radius 1 is 1.15 bits per heavy atom. The molecule has 1 aromatic carbocycles. The number of hydrogen-bond acceptors (Lipinski definition) is 5. The highest BCUT2D eigenvalue weighted by atomic mass is 35.5. The summed E-state index contributed by atoms with van der Waals surface area (Å²) in [6.45, 7) is 5.34. The smallest absolute Gasteiger partial charge is 0.249 e. The minimum atomic E-state index is -1.17. The van der Waals surface area contributed by atoms with E-state index < -0.39 is 5.79 Å². The molecule has 0 aliphatic heterocycles. The van der Waals surface area contributed by atoms with Gasteiger partial charge in [-0.15, -0.1) is 0 Å². The number of nitrogens with zero attached hydrogens (tertiary/aromatic N) is 3. The summed E-state index contributed by atoms with van der Waals surface area (Å²) < 4.78 is 20.0. The van der Waals surface area contributed by atoms with Crippen LogP contribution in [0.4, 0.5) is 0 Å². The summed E-state index contributed by atoms with van der Waals surface area (Å²) in [4.78, 5) is 4.01. The predicted molar refractivity (Wildman–Crippen MR) is 100 cm³/mol. The highest BCUT2D eigenvalue weighted by Crippen LogP contribution is 2.40. The van der Waals surface area contributed by atoms with Gasteiger partial charge in [0.2, 0.25) is 5.79 Å². The van der Waals surface area contributed by atoms with Gasteiger partial charge in [-0.1, -0.05) is 37.0 Å². The zero-order chi connectivity index (χ0) is 18.6. The molecule has 0 spiro atoms. The number of ether oxygens (including phenoxy) is 2. The Kier molecular flexibility index (Phi) is 6.19. The third kappa shape index (κ3) is 3.88. The largest absolute Gasteiger partial charge is 0.462 e. The monoisotopic (exact) mass is 397 g/mol. The normalized spacial score (nSPS) is 12.2. The third-order valence-corrected chi connectivity index (χ3v) is 4.39. The molecular formula is C18H21Cl2N3O3. The first-order valence-corrected chi connectivity index (χ1v) is 9.32. The zero-order valence-electron chi connectivity index (χ0n) is 14.7. The van der Waals surface area contributed by atoms with E-state index in [-0.39, 0.29) is 6.54 Å². The molecule has 0 bridgehead atoms.